The van der Waals surface area contributed by atoms with Crippen LogP contribution in [0.2, 0.25) is 0 Å². The van der Waals surface area contributed by atoms with E-state index in [-0.39, 0.29) is 21.5 Å². The van der Waals surface area contributed by atoms with Crippen LogP contribution in [0.3, 0.4) is 0 Å². The van der Waals surface area contributed by atoms with E-state index in [1.165, 1.54) is 24.3 Å². The number of hydrogen-bond acceptors (Lipinski definition) is 5. The highest BCUT2D eigenvalue weighted by Gasteiger charge is 2.33. The zero-order chi connectivity index (χ0) is 24.9. The minimum atomic E-state index is -4.75. The molecule has 3 aromatic rings. The number of para-hydroxylation sites is 1. The van der Waals surface area contributed by atoms with E-state index >= 15 is 0 Å². The molecule has 0 saturated carbocycles. The van der Waals surface area contributed by atoms with Crippen molar-refractivity contribution < 1.29 is 27.6 Å². The summed E-state index contributed by atoms with van der Waals surface area (Å²) >= 11 is 3.23. The Balaban J connectivity index is 1.84. The topological polar surface area (TPSA) is 105 Å². The zero-order valence-electron chi connectivity index (χ0n) is 17.0. The van der Waals surface area contributed by atoms with Crippen LogP contribution in [-0.2, 0) is 11.0 Å². The number of rotatable bonds is 6. The molecule has 3 rings (SSSR count). The number of benzene rings is 3. The van der Waals surface area contributed by atoms with Crippen LogP contribution in [-0.4, -0.2) is 10.8 Å². The van der Waals surface area contributed by atoms with Crippen LogP contribution in [0.25, 0.3) is 6.08 Å². The SMILES string of the molecule is N#C/C(=C\c1ccc(Oc2ccc(C(F)(F)F)cc2[N+](=O)[O-])c(Br)c1)C(=O)Nc1ccccc1. The molecule has 7 nitrogen and oxygen atoms in total. The van der Waals surface area contributed by atoms with Gasteiger partial charge in [0.2, 0.25) is 5.75 Å². The van der Waals surface area contributed by atoms with Crippen LogP contribution in [0.5, 0.6) is 11.5 Å². The molecule has 11 heteroatoms. The minimum Gasteiger partial charge on any atom is -0.449 e. The molecule has 1 N–H and O–H groups in total. The van der Waals surface area contributed by atoms with Gasteiger partial charge in [0.1, 0.15) is 17.4 Å². The lowest BCUT2D eigenvalue weighted by Gasteiger charge is -2.11. The van der Waals surface area contributed by atoms with Gasteiger partial charge in [0.25, 0.3) is 5.91 Å². The number of hydrogen-bond donors (Lipinski definition) is 1. The number of halogens is 4. The Morgan fingerprint density at radius 3 is 2.35 bits per heavy atom. The lowest BCUT2D eigenvalue weighted by molar-refractivity contribution is -0.385. The number of nitro benzene ring substituents is 1. The smallest absolute Gasteiger partial charge is 0.416 e. The third kappa shape index (κ3) is 5.99. The van der Waals surface area contributed by atoms with Crippen LogP contribution in [0.4, 0.5) is 24.5 Å². The van der Waals surface area contributed by atoms with E-state index in [0.29, 0.717) is 23.4 Å². The van der Waals surface area contributed by atoms with Gasteiger partial charge in [-0.3, -0.25) is 14.9 Å². The zero-order valence-corrected chi connectivity index (χ0v) is 18.6. The molecule has 3 aromatic carbocycles. The second kappa shape index (κ2) is 10.2. The van der Waals surface area contributed by atoms with Gasteiger partial charge in [-0.15, -0.1) is 0 Å². The number of amides is 1. The van der Waals surface area contributed by atoms with Crippen molar-refractivity contribution in [2.75, 3.05) is 5.32 Å². The predicted molar refractivity (Wildman–Crippen MR) is 121 cm³/mol. The summed E-state index contributed by atoms with van der Waals surface area (Å²) in [5.41, 5.74) is -1.26. The molecule has 0 aromatic heterocycles. The molecule has 0 aliphatic rings. The molecule has 0 radical (unpaired) electrons. The Hall–Kier alpha value is -4.17. The van der Waals surface area contributed by atoms with Crippen LogP contribution >= 0.6 is 15.9 Å². The Kier molecular flexibility index (Phi) is 7.33. The largest absolute Gasteiger partial charge is 0.449 e. The average Bonchev–Trinajstić information content (AvgIpc) is 2.79. The number of anilines is 1. The monoisotopic (exact) mass is 531 g/mol. The van der Waals surface area contributed by atoms with Crippen LogP contribution in [0, 0.1) is 21.4 Å². The molecule has 34 heavy (non-hydrogen) atoms. The molecule has 0 aliphatic carbocycles. The van der Waals surface area contributed by atoms with Gasteiger partial charge in [-0.2, -0.15) is 18.4 Å². The number of nitriles is 1. The predicted octanol–water partition coefficient (Wildman–Crippen LogP) is 6.71. The van der Waals surface area contributed by atoms with Crippen molar-refractivity contribution in [3.8, 4) is 17.6 Å². The second-order valence-corrected chi connectivity index (χ2v) is 7.57. The molecule has 0 unspecified atom stereocenters. The number of ether oxygens (including phenoxy) is 1. The fraction of sp³-hybridized carbons (Fsp3) is 0.0435. The molecular formula is C23H13BrF3N3O4. The maximum Gasteiger partial charge on any atom is 0.416 e. The lowest BCUT2D eigenvalue weighted by atomic mass is 10.1. The maximum absolute atomic E-state index is 12.9. The molecule has 0 heterocycles. The molecule has 0 fully saturated rings. The van der Waals surface area contributed by atoms with E-state index in [9.17, 15) is 33.3 Å². The second-order valence-electron chi connectivity index (χ2n) is 6.72. The molecule has 172 valence electrons. The Morgan fingerprint density at radius 1 is 1.09 bits per heavy atom. The van der Waals surface area contributed by atoms with Crippen molar-refractivity contribution in [1.29, 1.82) is 5.26 Å². The maximum atomic E-state index is 12.9. The standard InChI is InChI=1S/C23H13BrF3N3O4/c24-18-11-14(10-15(13-28)22(31)29-17-4-2-1-3-5-17)6-8-20(18)34-21-9-7-16(23(25,26)27)12-19(21)30(32)33/h1-12H,(H,29,31)/b15-10+. The first-order valence-electron chi connectivity index (χ1n) is 9.39. The number of nitrogens with zero attached hydrogens (tertiary/aromatic N) is 2. The summed E-state index contributed by atoms with van der Waals surface area (Å²) in [6, 6.07) is 16.7. The first kappa shape index (κ1) is 24.5. The summed E-state index contributed by atoms with van der Waals surface area (Å²) < 4.78 is 44.4. The van der Waals surface area contributed by atoms with E-state index in [1.807, 2.05) is 6.07 Å². The molecule has 0 spiro atoms. The van der Waals surface area contributed by atoms with Gasteiger partial charge in [0, 0.05) is 11.8 Å². The number of carbonyl (C=O) groups excluding carboxylic acids is 1. The number of nitrogens with one attached hydrogen (secondary N) is 1. The molecule has 0 saturated heterocycles. The summed E-state index contributed by atoms with van der Waals surface area (Å²) in [5, 5.41) is 23.2. The summed E-state index contributed by atoms with van der Waals surface area (Å²) in [4.78, 5) is 22.6. The van der Waals surface area contributed by atoms with Crippen molar-refractivity contribution in [2.24, 2.45) is 0 Å². The molecule has 1 amide bonds. The van der Waals surface area contributed by atoms with Crippen molar-refractivity contribution in [1.82, 2.24) is 0 Å². The third-order valence-corrected chi connectivity index (χ3v) is 4.99. The van der Waals surface area contributed by atoms with Crippen LogP contribution in [0.1, 0.15) is 11.1 Å². The molecular weight excluding hydrogens is 519 g/mol. The fourth-order valence-electron chi connectivity index (χ4n) is 2.77. The first-order chi connectivity index (χ1) is 16.1. The number of alkyl halides is 3. The third-order valence-electron chi connectivity index (χ3n) is 4.37. The Morgan fingerprint density at radius 2 is 1.76 bits per heavy atom. The molecule has 0 aliphatic heterocycles. The van der Waals surface area contributed by atoms with E-state index in [2.05, 4.69) is 21.2 Å². The van der Waals surface area contributed by atoms with Gasteiger partial charge >= 0.3 is 11.9 Å². The van der Waals surface area contributed by atoms with Crippen LogP contribution in [0.15, 0.2) is 76.8 Å². The Bertz CT molecular complexity index is 1320. The fourth-order valence-corrected chi connectivity index (χ4v) is 3.24. The summed E-state index contributed by atoms with van der Waals surface area (Å²) in [6.07, 6.45) is -3.42. The van der Waals surface area contributed by atoms with E-state index in [0.717, 1.165) is 6.07 Å². The lowest BCUT2D eigenvalue weighted by Crippen LogP contribution is -2.13. The van der Waals surface area contributed by atoms with Gasteiger partial charge < -0.3 is 10.1 Å². The van der Waals surface area contributed by atoms with E-state index in [4.69, 9.17) is 4.74 Å². The van der Waals surface area contributed by atoms with E-state index in [1.54, 1.807) is 30.3 Å². The van der Waals surface area contributed by atoms with Gasteiger partial charge in [0.15, 0.2) is 0 Å². The van der Waals surface area contributed by atoms with Gasteiger partial charge in [-0.05, 0) is 64.0 Å². The summed E-state index contributed by atoms with van der Waals surface area (Å²) in [7, 11) is 0. The van der Waals surface area contributed by atoms with Crippen molar-refractivity contribution in [3.63, 3.8) is 0 Å². The van der Waals surface area contributed by atoms with Gasteiger partial charge in [0.05, 0.1) is 15.0 Å². The van der Waals surface area contributed by atoms with Crippen molar-refractivity contribution in [3.05, 3.63) is 98.0 Å². The highest BCUT2D eigenvalue weighted by Crippen LogP contribution is 2.39. The number of nitro groups is 1. The average molecular weight is 532 g/mol. The van der Waals surface area contributed by atoms with Crippen molar-refractivity contribution in [2.45, 2.75) is 6.18 Å². The first-order valence-corrected chi connectivity index (χ1v) is 10.2. The van der Waals surface area contributed by atoms with Crippen LogP contribution < -0.4 is 10.1 Å². The van der Waals surface area contributed by atoms with Crippen molar-refractivity contribution >= 4 is 39.3 Å². The highest BCUT2D eigenvalue weighted by atomic mass is 79.9. The number of carbonyl (C=O) groups is 1. The molecule has 0 bridgehead atoms. The Labute approximate surface area is 199 Å². The quantitative estimate of drug-likeness (QED) is 0.164. The summed E-state index contributed by atoms with van der Waals surface area (Å²) in [6.45, 7) is 0. The van der Waals surface area contributed by atoms with Gasteiger partial charge in [-0.25, -0.2) is 0 Å². The minimum absolute atomic E-state index is 0.0762. The normalized spacial score (nSPS) is 11.4. The summed E-state index contributed by atoms with van der Waals surface area (Å²) in [5.74, 6) is -0.931. The van der Waals surface area contributed by atoms with Gasteiger partial charge in [-0.1, -0.05) is 24.3 Å². The molecule has 0 atom stereocenters. The highest BCUT2D eigenvalue weighted by molar-refractivity contribution is 9.10. The van der Waals surface area contributed by atoms with E-state index < -0.39 is 28.3 Å².